The number of aromatic nitrogens is 2. The van der Waals surface area contributed by atoms with Gasteiger partial charge >= 0.3 is 0 Å². The Morgan fingerprint density at radius 1 is 1.62 bits per heavy atom. The van der Waals surface area contributed by atoms with Gasteiger partial charge in [-0.05, 0) is 0 Å². The van der Waals surface area contributed by atoms with Crippen LogP contribution in [-0.4, -0.2) is 40.2 Å². The van der Waals surface area contributed by atoms with Crippen LogP contribution in [0.4, 0.5) is 5.82 Å². The maximum atomic E-state index is 11.1. The van der Waals surface area contributed by atoms with E-state index in [0.29, 0.717) is 11.0 Å². The first-order chi connectivity index (χ1) is 6.11. The van der Waals surface area contributed by atoms with Gasteiger partial charge in [-0.15, -0.1) is 0 Å². The second-order valence-electron chi connectivity index (χ2n) is 2.55. The highest BCUT2D eigenvalue weighted by atomic mass is 35.5. The van der Waals surface area contributed by atoms with Gasteiger partial charge in [0, 0.05) is 14.1 Å². The Hall–Kier alpha value is -0.880. The number of nitrogens with zero attached hydrogens (tertiary/aromatic N) is 3. The lowest BCUT2D eigenvalue weighted by atomic mass is 10.5. The number of hydrogen-bond acceptors (Lipinski definition) is 5. The van der Waals surface area contributed by atoms with Crippen molar-refractivity contribution >= 4 is 35.1 Å². The Balaban J connectivity index is 2.44. The molecule has 1 rings (SSSR count). The molecule has 0 bridgehead atoms. The zero-order chi connectivity index (χ0) is 9.84. The Morgan fingerprint density at radius 2 is 2.31 bits per heavy atom. The third kappa shape index (κ3) is 2.82. The number of carbonyl (C=O) groups is 1. The van der Waals surface area contributed by atoms with Gasteiger partial charge in [0.25, 0.3) is 0 Å². The van der Waals surface area contributed by atoms with E-state index in [2.05, 4.69) is 14.1 Å². The third-order valence-corrected chi connectivity index (χ3v) is 2.25. The highest BCUT2D eigenvalue weighted by Gasteiger charge is 2.07. The summed E-state index contributed by atoms with van der Waals surface area (Å²) in [5.74, 6) is 0.422. The fourth-order valence-electron chi connectivity index (χ4n) is 0.601. The van der Waals surface area contributed by atoms with Crippen LogP contribution in [0.15, 0.2) is 0 Å². The van der Waals surface area contributed by atoms with Crippen molar-refractivity contribution in [1.82, 2.24) is 13.6 Å². The van der Waals surface area contributed by atoms with Gasteiger partial charge in [-0.2, -0.15) is 8.75 Å². The molecule has 13 heavy (non-hydrogen) atoms. The number of halogens is 1. The van der Waals surface area contributed by atoms with E-state index in [-0.39, 0.29) is 12.5 Å². The molecule has 1 N–H and O–H groups in total. The maximum absolute atomic E-state index is 11.1. The normalized spacial score (nSPS) is 9.77. The zero-order valence-corrected chi connectivity index (χ0v) is 8.82. The molecule has 72 valence electrons. The van der Waals surface area contributed by atoms with E-state index < -0.39 is 0 Å². The molecule has 1 aromatic rings. The second kappa shape index (κ2) is 4.38. The first-order valence-corrected chi connectivity index (χ1v) is 4.64. The van der Waals surface area contributed by atoms with E-state index in [9.17, 15) is 4.79 Å². The average molecular weight is 221 g/mol. The SMILES string of the molecule is CN(C)C(=O)CNc1nsnc1Cl. The van der Waals surface area contributed by atoms with E-state index in [1.54, 1.807) is 14.1 Å². The Labute approximate surface area is 85.0 Å². The molecule has 1 aromatic heterocycles. The van der Waals surface area contributed by atoms with Gasteiger partial charge < -0.3 is 10.2 Å². The fourth-order valence-corrected chi connectivity index (χ4v) is 1.28. The number of hydrogen-bond donors (Lipinski definition) is 1. The Kier molecular flexibility index (Phi) is 3.44. The van der Waals surface area contributed by atoms with E-state index in [1.165, 1.54) is 4.90 Å². The van der Waals surface area contributed by atoms with Gasteiger partial charge in [-0.1, -0.05) is 11.6 Å². The van der Waals surface area contributed by atoms with E-state index in [1.807, 2.05) is 0 Å². The predicted molar refractivity (Wildman–Crippen MR) is 52.1 cm³/mol. The molecule has 0 aliphatic heterocycles. The molecular weight excluding hydrogens is 212 g/mol. The van der Waals surface area contributed by atoms with Crippen LogP contribution < -0.4 is 5.32 Å². The van der Waals surface area contributed by atoms with Crippen LogP contribution in [0, 0.1) is 0 Å². The summed E-state index contributed by atoms with van der Waals surface area (Å²) in [6, 6.07) is 0. The van der Waals surface area contributed by atoms with Gasteiger partial charge in [0.2, 0.25) is 5.91 Å². The lowest BCUT2D eigenvalue weighted by Gasteiger charge is -2.09. The smallest absolute Gasteiger partial charge is 0.241 e. The number of rotatable bonds is 3. The van der Waals surface area contributed by atoms with Crippen LogP contribution in [0.5, 0.6) is 0 Å². The molecule has 0 saturated carbocycles. The highest BCUT2D eigenvalue weighted by Crippen LogP contribution is 2.16. The minimum absolute atomic E-state index is 0.0379. The molecule has 0 saturated heterocycles. The summed E-state index contributed by atoms with van der Waals surface area (Å²) >= 11 is 6.66. The van der Waals surface area contributed by atoms with Crippen molar-refractivity contribution in [2.45, 2.75) is 0 Å². The van der Waals surface area contributed by atoms with Gasteiger partial charge in [-0.3, -0.25) is 4.79 Å². The molecule has 0 spiro atoms. The molecule has 1 heterocycles. The van der Waals surface area contributed by atoms with E-state index in [4.69, 9.17) is 11.6 Å². The number of likely N-dealkylation sites (N-methyl/N-ethyl adjacent to an activating group) is 1. The molecule has 0 fully saturated rings. The highest BCUT2D eigenvalue weighted by molar-refractivity contribution is 6.99. The molecule has 0 aromatic carbocycles. The summed E-state index contributed by atoms with van der Waals surface area (Å²) < 4.78 is 7.61. The van der Waals surface area contributed by atoms with Crippen LogP contribution in [0.25, 0.3) is 0 Å². The van der Waals surface area contributed by atoms with Crippen molar-refractivity contribution in [2.75, 3.05) is 26.0 Å². The van der Waals surface area contributed by atoms with Crippen LogP contribution in [0.2, 0.25) is 5.15 Å². The summed E-state index contributed by atoms with van der Waals surface area (Å²) in [6.07, 6.45) is 0. The molecule has 0 unspecified atom stereocenters. The number of anilines is 1. The summed E-state index contributed by atoms with van der Waals surface area (Å²) in [7, 11) is 3.37. The quantitative estimate of drug-likeness (QED) is 0.815. The van der Waals surface area contributed by atoms with Crippen LogP contribution in [-0.2, 0) is 4.79 Å². The monoisotopic (exact) mass is 220 g/mol. The second-order valence-corrected chi connectivity index (χ2v) is 3.43. The van der Waals surface area contributed by atoms with Gasteiger partial charge in [0.1, 0.15) is 0 Å². The largest absolute Gasteiger partial charge is 0.358 e. The van der Waals surface area contributed by atoms with Crippen LogP contribution in [0.3, 0.4) is 0 Å². The topological polar surface area (TPSA) is 58.1 Å². The van der Waals surface area contributed by atoms with Gasteiger partial charge in [-0.25, -0.2) is 0 Å². The molecule has 0 atom stereocenters. The van der Waals surface area contributed by atoms with Crippen molar-refractivity contribution in [3.8, 4) is 0 Å². The number of carbonyl (C=O) groups excluding carboxylic acids is 1. The average Bonchev–Trinajstić information content (AvgIpc) is 2.47. The van der Waals surface area contributed by atoms with Crippen molar-refractivity contribution in [1.29, 1.82) is 0 Å². The Morgan fingerprint density at radius 3 is 2.77 bits per heavy atom. The molecule has 0 radical (unpaired) electrons. The molecule has 0 aliphatic rings. The number of nitrogens with one attached hydrogen (secondary N) is 1. The van der Waals surface area contributed by atoms with Crippen molar-refractivity contribution < 1.29 is 4.79 Å². The summed E-state index contributed by atoms with van der Waals surface area (Å²) in [6.45, 7) is 0.179. The van der Waals surface area contributed by atoms with Crippen LogP contribution >= 0.6 is 23.3 Å². The fraction of sp³-hybridized carbons (Fsp3) is 0.500. The summed E-state index contributed by atoms with van der Waals surface area (Å²) in [5, 5.41) is 3.09. The minimum Gasteiger partial charge on any atom is -0.358 e. The van der Waals surface area contributed by atoms with E-state index in [0.717, 1.165) is 11.7 Å². The predicted octanol–water partition coefficient (Wildman–Crippen LogP) is 0.692. The van der Waals surface area contributed by atoms with Gasteiger partial charge in [0.05, 0.1) is 18.3 Å². The number of amides is 1. The van der Waals surface area contributed by atoms with Crippen molar-refractivity contribution in [2.24, 2.45) is 0 Å². The van der Waals surface area contributed by atoms with Crippen molar-refractivity contribution in [3.63, 3.8) is 0 Å². The lowest BCUT2D eigenvalue weighted by molar-refractivity contribution is -0.126. The Bertz CT molecular complexity index is 301. The zero-order valence-electron chi connectivity index (χ0n) is 7.24. The molecule has 1 amide bonds. The van der Waals surface area contributed by atoms with Gasteiger partial charge in [0.15, 0.2) is 11.0 Å². The lowest BCUT2D eigenvalue weighted by Crippen LogP contribution is -2.28. The standard InChI is InChI=1S/C6H9ClN4OS/c1-11(2)4(12)3-8-6-5(7)9-13-10-6/h3H2,1-2H3,(H,8,10). The van der Waals surface area contributed by atoms with E-state index >= 15 is 0 Å². The maximum Gasteiger partial charge on any atom is 0.241 e. The summed E-state index contributed by atoms with van der Waals surface area (Å²) in [5.41, 5.74) is 0. The molecular formula is C6H9ClN4OS. The molecule has 7 heteroatoms. The first-order valence-electron chi connectivity index (χ1n) is 3.53. The van der Waals surface area contributed by atoms with Crippen LogP contribution in [0.1, 0.15) is 0 Å². The third-order valence-electron chi connectivity index (χ3n) is 1.35. The first kappa shape index (κ1) is 10.2. The minimum atomic E-state index is -0.0379. The summed E-state index contributed by atoms with van der Waals surface area (Å²) in [4.78, 5) is 12.6. The molecule has 0 aliphatic carbocycles. The molecule has 5 nitrogen and oxygen atoms in total. The van der Waals surface area contributed by atoms with Crippen molar-refractivity contribution in [3.05, 3.63) is 5.15 Å².